The first-order valence-corrected chi connectivity index (χ1v) is 8.85. The van der Waals surface area contributed by atoms with Crippen molar-refractivity contribution in [3.63, 3.8) is 0 Å². The van der Waals surface area contributed by atoms with E-state index in [1.54, 1.807) is 7.05 Å². The van der Waals surface area contributed by atoms with Gasteiger partial charge >= 0.3 is 0 Å². The number of anilines is 1. The van der Waals surface area contributed by atoms with E-state index in [1.807, 2.05) is 61.5 Å². The summed E-state index contributed by atoms with van der Waals surface area (Å²) in [5.74, 6) is -0.296. The Labute approximate surface area is 151 Å². The summed E-state index contributed by atoms with van der Waals surface area (Å²) in [5, 5.41) is 2.93. The lowest BCUT2D eigenvalue weighted by molar-refractivity contribution is -0.128. The predicted molar refractivity (Wildman–Crippen MR) is 102 cm³/mol. The molecule has 2 aromatic rings. The Balaban J connectivity index is 1.77. The lowest BCUT2D eigenvalue weighted by Gasteiger charge is -2.28. The second-order valence-corrected chi connectivity index (χ2v) is 7.02. The van der Waals surface area contributed by atoms with Crippen LogP contribution in [0.1, 0.15) is 12.0 Å². The summed E-state index contributed by atoms with van der Waals surface area (Å²) in [6.45, 7) is 1.97. The number of thioether (sulfide) groups is 1. The van der Waals surface area contributed by atoms with Gasteiger partial charge in [-0.3, -0.25) is 14.5 Å². The van der Waals surface area contributed by atoms with Gasteiger partial charge in [0.15, 0.2) is 5.17 Å². The number of carbonyl (C=O) groups excluding carboxylic acids is 2. The predicted octanol–water partition coefficient (Wildman–Crippen LogP) is 3.59. The Bertz CT molecular complexity index is 820. The number of rotatable bonds is 3. The smallest absolute Gasteiger partial charge is 0.238 e. The zero-order valence-corrected chi connectivity index (χ0v) is 14.9. The van der Waals surface area contributed by atoms with Gasteiger partial charge in [0.25, 0.3) is 0 Å². The maximum atomic E-state index is 12.6. The number of nitrogens with one attached hydrogen (secondary N) is 1. The highest BCUT2D eigenvalue weighted by molar-refractivity contribution is 8.15. The molecule has 1 saturated heterocycles. The maximum Gasteiger partial charge on any atom is 0.238 e. The molecule has 1 fully saturated rings. The molecule has 1 aliphatic rings. The number of amidine groups is 1. The molecule has 128 valence electrons. The van der Waals surface area contributed by atoms with Crippen LogP contribution in [0.25, 0.3) is 0 Å². The number of para-hydroxylation sites is 1. The lowest BCUT2D eigenvalue weighted by atomic mass is 10.2. The first-order valence-electron chi connectivity index (χ1n) is 7.97. The first-order chi connectivity index (χ1) is 12.0. The van der Waals surface area contributed by atoms with Gasteiger partial charge in [-0.05, 0) is 36.8 Å². The van der Waals surface area contributed by atoms with Crippen molar-refractivity contribution < 1.29 is 9.59 Å². The van der Waals surface area contributed by atoms with Crippen LogP contribution in [0.3, 0.4) is 0 Å². The molecule has 2 amide bonds. The standard InChI is InChI=1S/C19H19N3O2S/c1-13-7-6-10-15(11-13)20-18(24)16-12-17(23)22(2)19(25-16)21-14-8-4-3-5-9-14/h3-11,16H,12H2,1-2H3,(H,20,24). The molecule has 1 atom stereocenters. The van der Waals surface area contributed by atoms with Gasteiger partial charge in [0.1, 0.15) is 5.25 Å². The van der Waals surface area contributed by atoms with Crippen LogP contribution in [-0.2, 0) is 9.59 Å². The Hall–Kier alpha value is -2.60. The molecule has 1 unspecified atom stereocenters. The summed E-state index contributed by atoms with van der Waals surface area (Å²) < 4.78 is 0. The van der Waals surface area contributed by atoms with Crippen molar-refractivity contribution in [1.29, 1.82) is 0 Å². The number of hydrogen-bond acceptors (Lipinski definition) is 4. The highest BCUT2D eigenvalue weighted by atomic mass is 32.2. The van der Waals surface area contributed by atoms with Gasteiger partial charge in [-0.25, -0.2) is 4.99 Å². The Morgan fingerprint density at radius 3 is 2.68 bits per heavy atom. The second-order valence-electron chi connectivity index (χ2n) is 5.85. The molecule has 0 aromatic heterocycles. The van der Waals surface area contributed by atoms with Crippen molar-refractivity contribution in [2.45, 2.75) is 18.6 Å². The molecule has 1 aliphatic heterocycles. The summed E-state index contributed by atoms with van der Waals surface area (Å²) in [6, 6.07) is 17.0. The average molecular weight is 353 g/mol. The molecule has 25 heavy (non-hydrogen) atoms. The minimum Gasteiger partial charge on any atom is -0.325 e. The molecule has 2 aromatic carbocycles. The van der Waals surface area contributed by atoms with Gasteiger partial charge in [-0.2, -0.15) is 0 Å². The third-order valence-corrected chi connectivity index (χ3v) is 5.07. The van der Waals surface area contributed by atoms with E-state index in [4.69, 9.17) is 0 Å². The minimum absolute atomic E-state index is 0.113. The summed E-state index contributed by atoms with van der Waals surface area (Å²) in [5.41, 5.74) is 2.55. The van der Waals surface area contributed by atoms with Crippen LogP contribution in [0, 0.1) is 6.92 Å². The Morgan fingerprint density at radius 2 is 1.96 bits per heavy atom. The molecular formula is C19H19N3O2S. The summed E-state index contributed by atoms with van der Waals surface area (Å²) >= 11 is 1.31. The molecule has 0 saturated carbocycles. The second kappa shape index (κ2) is 7.53. The number of amides is 2. The maximum absolute atomic E-state index is 12.6. The highest BCUT2D eigenvalue weighted by Gasteiger charge is 2.34. The summed E-state index contributed by atoms with van der Waals surface area (Å²) in [7, 11) is 1.69. The molecule has 0 spiro atoms. The molecule has 0 aliphatic carbocycles. The van der Waals surface area contributed by atoms with E-state index in [0.29, 0.717) is 5.17 Å². The molecule has 1 heterocycles. The Kier molecular flexibility index (Phi) is 5.19. The number of aliphatic imine (C=N–C) groups is 1. The van der Waals surface area contributed by atoms with Crippen molar-refractivity contribution in [2.24, 2.45) is 4.99 Å². The first kappa shape index (κ1) is 17.2. The lowest BCUT2D eigenvalue weighted by Crippen LogP contribution is -2.43. The number of benzene rings is 2. The fourth-order valence-corrected chi connectivity index (χ4v) is 3.52. The highest BCUT2D eigenvalue weighted by Crippen LogP contribution is 2.28. The van der Waals surface area contributed by atoms with E-state index >= 15 is 0 Å². The van der Waals surface area contributed by atoms with Gasteiger partial charge < -0.3 is 5.32 Å². The molecule has 1 N–H and O–H groups in total. The normalized spacial score (nSPS) is 19.1. The molecule has 6 heteroatoms. The monoisotopic (exact) mass is 353 g/mol. The average Bonchev–Trinajstić information content (AvgIpc) is 2.59. The van der Waals surface area contributed by atoms with Crippen LogP contribution in [0.4, 0.5) is 11.4 Å². The molecule has 5 nitrogen and oxygen atoms in total. The molecule has 0 bridgehead atoms. The van der Waals surface area contributed by atoms with E-state index in [1.165, 1.54) is 16.7 Å². The number of carbonyl (C=O) groups is 2. The van der Waals surface area contributed by atoms with Crippen molar-refractivity contribution in [1.82, 2.24) is 4.90 Å². The number of nitrogens with zero attached hydrogens (tertiary/aromatic N) is 2. The van der Waals surface area contributed by atoms with Gasteiger partial charge in [0, 0.05) is 19.2 Å². The van der Waals surface area contributed by atoms with Crippen LogP contribution in [0.5, 0.6) is 0 Å². The van der Waals surface area contributed by atoms with Crippen molar-refractivity contribution in [3.8, 4) is 0 Å². The fraction of sp³-hybridized carbons (Fsp3) is 0.211. The Morgan fingerprint density at radius 1 is 1.20 bits per heavy atom. The van der Waals surface area contributed by atoms with E-state index in [9.17, 15) is 9.59 Å². The molecule has 0 radical (unpaired) electrons. The van der Waals surface area contributed by atoms with Gasteiger partial charge in [-0.1, -0.05) is 42.1 Å². The minimum atomic E-state index is -0.494. The third-order valence-electron chi connectivity index (χ3n) is 3.83. The van der Waals surface area contributed by atoms with Crippen LogP contribution in [-0.4, -0.2) is 34.2 Å². The topological polar surface area (TPSA) is 61.8 Å². The quantitative estimate of drug-likeness (QED) is 0.917. The van der Waals surface area contributed by atoms with Crippen molar-refractivity contribution in [2.75, 3.05) is 12.4 Å². The van der Waals surface area contributed by atoms with Crippen molar-refractivity contribution >= 4 is 40.1 Å². The zero-order valence-electron chi connectivity index (χ0n) is 14.1. The van der Waals surface area contributed by atoms with E-state index in [2.05, 4.69) is 10.3 Å². The fourth-order valence-electron chi connectivity index (χ4n) is 2.46. The van der Waals surface area contributed by atoms with Gasteiger partial charge in [0.2, 0.25) is 11.8 Å². The van der Waals surface area contributed by atoms with Gasteiger partial charge in [-0.15, -0.1) is 0 Å². The summed E-state index contributed by atoms with van der Waals surface area (Å²) in [6.07, 6.45) is 0.159. The van der Waals surface area contributed by atoms with Crippen molar-refractivity contribution in [3.05, 3.63) is 60.2 Å². The molecular weight excluding hydrogens is 334 g/mol. The van der Waals surface area contributed by atoms with Gasteiger partial charge in [0.05, 0.1) is 5.69 Å². The molecule has 3 rings (SSSR count). The largest absolute Gasteiger partial charge is 0.325 e. The van der Waals surface area contributed by atoms with E-state index < -0.39 is 5.25 Å². The summed E-state index contributed by atoms with van der Waals surface area (Å²) in [4.78, 5) is 30.9. The third kappa shape index (κ3) is 4.28. The van der Waals surface area contributed by atoms with Crippen LogP contribution in [0.15, 0.2) is 59.6 Å². The van der Waals surface area contributed by atoms with E-state index in [-0.39, 0.29) is 18.2 Å². The SMILES string of the molecule is Cc1cccc(NC(=O)C2CC(=O)N(C)C(=Nc3ccccc3)S2)c1. The van der Waals surface area contributed by atoms with Crippen LogP contribution < -0.4 is 5.32 Å². The number of hydrogen-bond donors (Lipinski definition) is 1. The zero-order chi connectivity index (χ0) is 17.8. The van der Waals surface area contributed by atoms with E-state index in [0.717, 1.165) is 16.9 Å². The van der Waals surface area contributed by atoms with Crippen LogP contribution >= 0.6 is 11.8 Å². The number of aryl methyl sites for hydroxylation is 1. The van der Waals surface area contributed by atoms with Crippen LogP contribution in [0.2, 0.25) is 0 Å².